The fraction of sp³-hybridized carbons (Fsp3) is 0.261. The average molecular weight is 417 g/mol. The van der Waals surface area contributed by atoms with Crippen LogP contribution in [0.4, 0.5) is 5.82 Å². The van der Waals surface area contributed by atoms with Crippen LogP contribution in [0.3, 0.4) is 0 Å². The number of rotatable bonds is 3. The number of piperidine rings is 1. The van der Waals surface area contributed by atoms with Crippen molar-refractivity contribution in [1.82, 2.24) is 14.9 Å². The first-order chi connectivity index (χ1) is 14.9. The monoisotopic (exact) mass is 417 g/mol. The molecule has 2 aromatic heterocycles. The van der Waals surface area contributed by atoms with E-state index < -0.39 is 17.7 Å². The maximum Gasteiger partial charge on any atom is 0.315 e. The fourth-order valence-corrected chi connectivity index (χ4v) is 4.03. The van der Waals surface area contributed by atoms with E-state index in [1.165, 1.54) is 18.3 Å². The normalized spacial score (nSPS) is 18.5. The number of amides is 3. The molecule has 8 heteroatoms. The van der Waals surface area contributed by atoms with E-state index in [4.69, 9.17) is 5.73 Å². The molecule has 1 fully saturated rings. The van der Waals surface area contributed by atoms with Gasteiger partial charge in [0.2, 0.25) is 0 Å². The molecule has 1 aliphatic heterocycles. The molecule has 8 nitrogen and oxygen atoms in total. The number of benzene rings is 1. The van der Waals surface area contributed by atoms with Crippen LogP contribution in [-0.4, -0.2) is 39.1 Å². The molecule has 0 bridgehead atoms. The Morgan fingerprint density at radius 3 is 2.74 bits per heavy atom. The first kappa shape index (κ1) is 20.5. The summed E-state index contributed by atoms with van der Waals surface area (Å²) in [6.45, 7) is 2.53. The van der Waals surface area contributed by atoms with Crippen molar-refractivity contribution in [1.29, 1.82) is 0 Å². The van der Waals surface area contributed by atoms with Crippen LogP contribution in [-0.2, 0) is 9.59 Å². The third-order valence-corrected chi connectivity index (χ3v) is 5.63. The van der Waals surface area contributed by atoms with Gasteiger partial charge in [0.1, 0.15) is 5.82 Å². The molecule has 3 N–H and O–H groups in total. The molecule has 31 heavy (non-hydrogen) atoms. The molecule has 3 amide bonds. The van der Waals surface area contributed by atoms with Gasteiger partial charge in [0.25, 0.3) is 5.91 Å². The number of hydrogen-bond acceptors (Lipinski definition) is 5. The Labute approximate surface area is 179 Å². The van der Waals surface area contributed by atoms with Crippen LogP contribution in [0.15, 0.2) is 55.0 Å². The van der Waals surface area contributed by atoms with E-state index in [-0.39, 0.29) is 23.3 Å². The number of nitrogens with zero attached hydrogens (tertiary/aromatic N) is 3. The molecule has 0 aliphatic carbocycles. The van der Waals surface area contributed by atoms with Crippen LogP contribution in [0.1, 0.15) is 41.7 Å². The number of hydrogen-bond donors (Lipinski definition) is 2. The van der Waals surface area contributed by atoms with E-state index in [0.29, 0.717) is 6.54 Å². The van der Waals surface area contributed by atoms with Gasteiger partial charge in [-0.15, -0.1) is 0 Å². The molecular formula is C23H23N5O3. The van der Waals surface area contributed by atoms with Gasteiger partial charge in [0, 0.05) is 30.5 Å². The Morgan fingerprint density at radius 1 is 1.10 bits per heavy atom. The predicted octanol–water partition coefficient (Wildman–Crippen LogP) is 2.67. The van der Waals surface area contributed by atoms with Crippen molar-refractivity contribution in [2.75, 3.05) is 11.9 Å². The molecule has 158 valence electrons. The highest BCUT2D eigenvalue weighted by Crippen LogP contribution is 2.34. The highest BCUT2D eigenvalue weighted by atomic mass is 16.2. The van der Waals surface area contributed by atoms with Crippen LogP contribution >= 0.6 is 0 Å². The lowest BCUT2D eigenvalue weighted by atomic mass is 9.89. The quantitative estimate of drug-likeness (QED) is 0.635. The molecule has 4 rings (SSSR count). The number of carbonyl (C=O) groups excluding carboxylic acids is 3. The minimum Gasteiger partial charge on any atom is -0.365 e. The summed E-state index contributed by atoms with van der Waals surface area (Å²) in [5.41, 5.74) is 6.37. The van der Waals surface area contributed by atoms with Gasteiger partial charge in [0.05, 0.1) is 11.6 Å². The number of primary amides is 1. The molecule has 0 unspecified atom stereocenters. The average Bonchev–Trinajstić information content (AvgIpc) is 2.78. The molecule has 0 radical (unpaired) electrons. The zero-order valence-electron chi connectivity index (χ0n) is 17.1. The van der Waals surface area contributed by atoms with Gasteiger partial charge >= 0.3 is 11.8 Å². The summed E-state index contributed by atoms with van der Waals surface area (Å²) >= 11 is 0. The number of pyridine rings is 2. The standard InChI is InChI=1S/C23H23N5O3/c1-14-4-7-19(16-5-6-17-12-25-10-8-15(17)11-16)28(13-14)23(31)22(30)27-21-18(20(24)29)3-2-9-26-21/h2-3,5-6,8-12,14,19H,4,7,13H2,1H3,(H2,24,29)(H,26,27,30)/t14-,19+/m0/s1. The molecule has 3 heterocycles. The SMILES string of the molecule is C[C@H]1CC[C@H](c2ccc3cnccc3c2)N(C(=O)C(=O)Nc2ncccc2C(N)=O)C1. The minimum absolute atomic E-state index is 0.0202. The lowest BCUT2D eigenvalue weighted by molar-refractivity contribution is -0.146. The van der Waals surface area contributed by atoms with Crippen molar-refractivity contribution in [2.45, 2.75) is 25.8 Å². The van der Waals surface area contributed by atoms with E-state index in [1.807, 2.05) is 24.3 Å². The second-order valence-electron chi connectivity index (χ2n) is 7.86. The zero-order valence-corrected chi connectivity index (χ0v) is 17.1. The molecular weight excluding hydrogens is 394 g/mol. The molecule has 1 aliphatic rings. The van der Waals surface area contributed by atoms with Gasteiger partial charge in [-0.2, -0.15) is 0 Å². The summed E-state index contributed by atoms with van der Waals surface area (Å²) < 4.78 is 0. The smallest absolute Gasteiger partial charge is 0.315 e. The second-order valence-corrected chi connectivity index (χ2v) is 7.86. The number of nitrogens with two attached hydrogens (primary N) is 1. The third-order valence-electron chi connectivity index (χ3n) is 5.63. The largest absolute Gasteiger partial charge is 0.365 e. The summed E-state index contributed by atoms with van der Waals surface area (Å²) in [6.07, 6.45) is 6.65. The van der Waals surface area contributed by atoms with Gasteiger partial charge < -0.3 is 16.0 Å². The van der Waals surface area contributed by atoms with E-state index in [2.05, 4.69) is 22.2 Å². The first-order valence-corrected chi connectivity index (χ1v) is 10.1. The number of nitrogens with one attached hydrogen (secondary N) is 1. The van der Waals surface area contributed by atoms with Gasteiger partial charge in [-0.1, -0.05) is 19.1 Å². The highest BCUT2D eigenvalue weighted by molar-refractivity contribution is 6.39. The summed E-state index contributed by atoms with van der Waals surface area (Å²) in [5, 5.41) is 4.50. The molecule has 1 aromatic carbocycles. The maximum atomic E-state index is 13.1. The van der Waals surface area contributed by atoms with E-state index >= 15 is 0 Å². The molecule has 0 saturated carbocycles. The number of fused-ring (bicyclic) bond motifs is 1. The number of anilines is 1. The van der Waals surface area contributed by atoms with Gasteiger partial charge in [-0.3, -0.25) is 19.4 Å². The molecule has 3 aromatic rings. The van der Waals surface area contributed by atoms with Crippen LogP contribution in [0.5, 0.6) is 0 Å². The van der Waals surface area contributed by atoms with Gasteiger partial charge in [0.15, 0.2) is 0 Å². The van der Waals surface area contributed by atoms with Crippen molar-refractivity contribution in [3.05, 3.63) is 66.1 Å². The van der Waals surface area contributed by atoms with Crippen molar-refractivity contribution >= 4 is 34.3 Å². The zero-order chi connectivity index (χ0) is 22.0. The van der Waals surface area contributed by atoms with Gasteiger partial charge in [-0.25, -0.2) is 4.98 Å². The highest BCUT2D eigenvalue weighted by Gasteiger charge is 2.34. The maximum absolute atomic E-state index is 13.1. The number of carbonyl (C=O) groups is 3. The Kier molecular flexibility index (Phi) is 5.62. The lowest BCUT2D eigenvalue weighted by Crippen LogP contribution is -2.46. The summed E-state index contributed by atoms with van der Waals surface area (Å²) in [6, 6.07) is 10.7. The van der Waals surface area contributed by atoms with Crippen molar-refractivity contribution < 1.29 is 14.4 Å². The van der Waals surface area contributed by atoms with Crippen LogP contribution in [0, 0.1) is 5.92 Å². The van der Waals surface area contributed by atoms with E-state index in [9.17, 15) is 14.4 Å². The fourth-order valence-electron chi connectivity index (χ4n) is 4.03. The first-order valence-electron chi connectivity index (χ1n) is 10.1. The minimum atomic E-state index is -0.842. The summed E-state index contributed by atoms with van der Waals surface area (Å²) in [5.74, 6) is -1.98. The van der Waals surface area contributed by atoms with E-state index in [0.717, 1.165) is 29.2 Å². The lowest BCUT2D eigenvalue weighted by Gasteiger charge is -2.38. The van der Waals surface area contributed by atoms with Crippen molar-refractivity contribution in [2.24, 2.45) is 11.7 Å². The van der Waals surface area contributed by atoms with Crippen LogP contribution in [0.2, 0.25) is 0 Å². The van der Waals surface area contributed by atoms with Crippen LogP contribution < -0.4 is 11.1 Å². The summed E-state index contributed by atoms with van der Waals surface area (Å²) in [7, 11) is 0. The topological polar surface area (TPSA) is 118 Å². The third kappa shape index (κ3) is 4.23. The van der Waals surface area contributed by atoms with Crippen LogP contribution in [0.25, 0.3) is 10.8 Å². The molecule has 0 spiro atoms. The number of likely N-dealkylation sites (tertiary alicyclic amines) is 1. The second kappa shape index (κ2) is 8.51. The van der Waals surface area contributed by atoms with Crippen molar-refractivity contribution in [3.63, 3.8) is 0 Å². The van der Waals surface area contributed by atoms with Gasteiger partial charge in [-0.05, 0) is 54.0 Å². The predicted molar refractivity (Wildman–Crippen MR) is 116 cm³/mol. The van der Waals surface area contributed by atoms with Crippen molar-refractivity contribution in [3.8, 4) is 0 Å². The Hall–Kier alpha value is -3.81. The molecule has 2 atom stereocenters. The Bertz CT molecular complexity index is 1160. The van der Waals surface area contributed by atoms with E-state index in [1.54, 1.807) is 17.3 Å². The Morgan fingerprint density at radius 2 is 1.94 bits per heavy atom. The molecule has 1 saturated heterocycles. The number of aromatic nitrogens is 2. The Balaban J connectivity index is 1.60. The summed E-state index contributed by atoms with van der Waals surface area (Å²) in [4.78, 5) is 47.2.